The zero-order valence-electron chi connectivity index (χ0n) is 14.2. The Morgan fingerprint density at radius 2 is 1.71 bits per heavy atom. The Labute approximate surface area is 156 Å². The van der Waals surface area contributed by atoms with Gasteiger partial charge in [-0.3, -0.25) is 9.59 Å². The highest BCUT2D eigenvalue weighted by molar-refractivity contribution is 6.13. The maximum absolute atomic E-state index is 13.9. The molecule has 0 bridgehead atoms. The van der Waals surface area contributed by atoms with Gasteiger partial charge in [-0.05, 0) is 18.2 Å². The Morgan fingerprint density at radius 1 is 0.964 bits per heavy atom. The fraction of sp³-hybridized carbons (Fsp3) is 0. The fourth-order valence-corrected chi connectivity index (χ4v) is 2.82. The van der Waals surface area contributed by atoms with Crippen molar-refractivity contribution in [1.82, 2.24) is 0 Å². The minimum atomic E-state index is -1.05. The summed E-state index contributed by atoms with van der Waals surface area (Å²) < 4.78 is 38.2. The van der Waals surface area contributed by atoms with E-state index in [1.165, 1.54) is 6.07 Å². The largest absolute Gasteiger partial charge is 0.451 e. The average molecular weight is 382 g/mol. The Bertz CT molecular complexity index is 1210. The van der Waals surface area contributed by atoms with E-state index in [1.54, 1.807) is 18.2 Å². The van der Waals surface area contributed by atoms with Gasteiger partial charge in [-0.1, -0.05) is 30.3 Å². The van der Waals surface area contributed by atoms with Crippen LogP contribution in [0.2, 0.25) is 0 Å². The Morgan fingerprint density at radius 3 is 2.43 bits per heavy atom. The van der Waals surface area contributed by atoms with Crippen LogP contribution in [0.3, 0.4) is 0 Å². The number of primary amides is 1. The summed E-state index contributed by atoms with van der Waals surface area (Å²) >= 11 is 0. The number of rotatable bonds is 4. The van der Waals surface area contributed by atoms with E-state index < -0.39 is 34.8 Å². The molecule has 0 fully saturated rings. The SMILES string of the molecule is NC(=O)c1oc2c(F)cc(F)cc2c1NC(=O)c1ccc(-c2ccccc2)o1. The van der Waals surface area contributed by atoms with E-state index in [2.05, 4.69) is 5.32 Å². The second-order valence-corrected chi connectivity index (χ2v) is 5.92. The minimum Gasteiger partial charge on any atom is -0.451 e. The number of nitrogens with two attached hydrogens (primary N) is 1. The predicted molar refractivity (Wildman–Crippen MR) is 96.7 cm³/mol. The summed E-state index contributed by atoms with van der Waals surface area (Å²) in [6.45, 7) is 0. The van der Waals surface area contributed by atoms with Crippen molar-refractivity contribution in [1.29, 1.82) is 0 Å². The number of benzene rings is 2. The minimum absolute atomic E-state index is 0.0690. The molecule has 2 aromatic carbocycles. The number of hydrogen-bond donors (Lipinski definition) is 2. The van der Waals surface area contributed by atoms with Gasteiger partial charge in [0.25, 0.3) is 11.8 Å². The number of hydrogen-bond acceptors (Lipinski definition) is 4. The summed E-state index contributed by atoms with van der Waals surface area (Å²) in [5.74, 6) is -3.82. The summed E-state index contributed by atoms with van der Waals surface area (Å²) in [4.78, 5) is 24.2. The highest BCUT2D eigenvalue weighted by Crippen LogP contribution is 2.34. The molecule has 0 aliphatic carbocycles. The van der Waals surface area contributed by atoms with Crippen LogP contribution in [-0.4, -0.2) is 11.8 Å². The van der Waals surface area contributed by atoms with Gasteiger partial charge >= 0.3 is 0 Å². The highest BCUT2D eigenvalue weighted by atomic mass is 19.1. The van der Waals surface area contributed by atoms with Crippen molar-refractivity contribution in [3.05, 3.63) is 77.8 Å². The first-order valence-corrected chi connectivity index (χ1v) is 8.12. The summed E-state index contributed by atoms with van der Waals surface area (Å²) in [5, 5.41) is 2.26. The van der Waals surface area contributed by atoms with Crippen LogP contribution >= 0.6 is 0 Å². The van der Waals surface area contributed by atoms with E-state index in [0.29, 0.717) is 11.8 Å². The van der Waals surface area contributed by atoms with Gasteiger partial charge in [0.05, 0.1) is 5.39 Å². The predicted octanol–water partition coefficient (Wildman–Crippen LogP) is 4.32. The number of carbonyl (C=O) groups is 2. The molecule has 0 saturated heterocycles. The number of anilines is 1. The van der Waals surface area contributed by atoms with Gasteiger partial charge in [0.2, 0.25) is 5.76 Å². The highest BCUT2D eigenvalue weighted by Gasteiger charge is 2.24. The lowest BCUT2D eigenvalue weighted by atomic mass is 10.2. The Hall–Kier alpha value is -3.94. The molecule has 3 N–H and O–H groups in total. The first kappa shape index (κ1) is 17.5. The van der Waals surface area contributed by atoms with Crippen LogP contribution in [0.25, 0.3) is 22.3 Å². The summed E-state index contributed by atoms with van der Waals surface area (Å²) in [5.41, 5.74) is 5.37. The van der Waals surface area contributed by atoms with Crippen LogP contribution in [0.1, 0.15) is 21.1 Å². The number of halogens is 2. The fourth-order valence-electron chi connectivity index (χ4n) is 2.82. The number of nitrogens with one attached hydrogen (secondary N) is 1. The summed E-state index contributed by atoms with van der Waals surface area (Å²) in [6.07, 6.45) is 0. The van der Waals surface area contributed by atoms with Crippen molar-refractivity contribution in [3.8, 4) is 11.3 Å². The first-order valence-electron chi connectivity index (χ1n) is 8.12. The molecule has 8 heteroatoms. The molecule has 0 saturated carbocycles. The van der Waals surface area contributed by atoms with Crippen LogP contribution in [0.5, 0.6) is 0 Å². The molecule has 140 valence electrons. The molecule has 0 aliphatic rings. The second kappa shape index (κ2) is 6.66. The smallest absolute Gasteiger partial charge is 0.291 e. The molecule has 4 rings (SSSR count). The maximum Gasteiger partial charge on any atom is 0.291 e. The van der Waals surface area contributed by atoms with E-state index in [0.717, 1.165) is 11.6 Å². The molecule has 2 amide bonds. The molecule has 2 aromatic heterocycles. The zero-order valence-corrected chi connectivity index (χ0v) is 14.2. The third-order valence-corrected chi connectivity index (χ3v) is 4.06. The normalized spacial score (nSPS) is 10.9. The van der Waals surface area contributed by atoms with E-state index >= 15 is 0 Å². The lowest BCUT2D eigenvalue weighted by molar-refractivity contribution is 0.0977. The van der Waals surface area contributed by atoms with Gasteiger partial charge in [-0.25, -0.2) is 8.78 Å². The third kappa shape index (κ3) is 3.01. The van der Waals surface area contributed by atoms with E-state index in [1.807, 2.05) is 18.2 Å². The Kier molecular flexibility index (Phi) is 4.15. The lowest BCUT2D eigenvalue weighted by Gasteiger charge is -2.03. The van der Waals surface area contributed by atoms with E-state index in [4.69, 9.17) is 14.6 Å². The van der Waals surface area contributed by atoms with Crippen molar-refractivity contribution in [2.24, 2.45) is 5.73 Å². The number of fused-ring (bicyclic) bond motifs is 1. The second-order valence-electron chi connectivity index (χ2n) is 5.92. The molecule has 4 aromatic rings. The summed E-state index contributed by atoms with van der Waals surface area (Å²) in [6, 6.07) is 13.7. The van der Waals surface area contributed by atoms with Gasteiger partial charge < -0.3 is 19.9 Å². The van der Waals surface area contributed by atoms with Crippen molar-refractivity contribution < 1.29 is 27.2 Å². The first-order chi connectivity index (χ1) is 13.4. The zero-order chi connectivity index (χ0) is 19.8. The molecule has 0 spiro atoms. The van der Waals surface area contributed by atoms with Crippen molar-refractivity contribution >= 4 is 28.5 Å². The topological polar surface area (TPSA) is 98.5 Å². The summed E-state index contributed by atoms with van der Waals surface area (Å²) in [7, 11) is 0. The molecular weight excluding hydrogens is 370 g/mol. The third-order valence-electron chi connectivity index (χ3n) is 4.06. The quantitative estimate of drug-likeness (QED) is 0.549. The van der Waals surface area contributed by atoms with Gasteiger partial charge in [0.1, 0.15) is 17.3 Å². The van der Waals surface area contributed by atoms with Crippen molar-refractivity contribution in [3.63, 3.8) is 0 Å². The average Bonchev–Trinajstić information content (AvgIpc) is 3.28. The monoisotopic (exact) mass is 382 g/mol. The van der Waals surface area contributed by atoms with Gasteiger partial charge in [-0.2, -0.15) is 0 Å². The Balaban J connectivity index is 1.72. The standard InChI is InChI=1S/C20H12F2N2O4/c21-11-8-12-16(18(19(23)25)28-17(12)13(22)9-11)24-20(26)15-7-6-14(27-15)10-4-2-1-3-5-10/h1-9H,(H2,23,25)(H,24,26). The van der Waals surface area contributed by atoms with Gasteiger partial charge in [0.15, 0.2) is 17.2 Å². The number of carbonyl (C=O) groups excluding carboxylic acids is 2. The number of amides is 2. The van der Waals surface area contributed by atoms with Crippen LogP contribution in [0.15, 0.2) is 63.4 Å². The van der Waals surface area contributed by atoms with Crippen LogP contribution in [-0.2, 0) is 0 Å². The molecule has 6 nitrogen and oxygen atoms in total. The molecule has 0 radical (unpaired) electrons. The maximum atomic E-state index is 13.9. The lowest BCUT2D eigenvalue weighted by Crippen LogP contribution is -2.16. The van der Waals surface area contributed by atoms with Crippen LogP contribution in [0.4, 0.5) is 14.5 Å². The van der Waals surface area contributed by atoms with Crippen LogP contribution in [0, 0.1) is 11.6 Å². The van der Waals surface area contributed by atoms with Gasteiger partial charge in [0, 0.05) is 11.6 Å². The van der Waals surface area contributed by atoms with E-state index in [9.17, 15) is 18.4 Å². The van der Waals surface area contributed by atoms with Crippen LogP contribution < -0.4 is 11.1 Å². The molecule has 0 atom stereocenters. The van der Waals surface area contributed by atoms with Crippen molar-refractivity contribution in [2.45, 2.75) is 0 Å². The number of furan rings is 2. The van der Waals surface area contributed by atoms with Crippen molar-refractivity contribution in [2.75, 3.05) is 5.32 Å². The van der Waals surface area contributed by atoms with Gasteiger partial charge in [-0.15, -0.1) is 0 Å². The van der Waals surface area contributed by atoms with E-state index in [-0.39, 0.29) is 16.8 Å². The molecule has 0 aliphatic heterocycles. The molecule has 28 heavy (non-hydrogen) atoms. The molecule has 2 heterocycles. The molecule has 0 unspecified atom stereocenters. The molecular formula is C20H12F2N2O4.